The first-order valence-electron chi connectivity index (χ1n) is 5.60. The molecular formula is C11H24O2Si. The second-order valence-corrected chi connectivity index (χ2v) is 10.7. The Kier molecular flexibility index (Phi) is 3.44. The molecule has 0 saturated heterocycles. The lowest BCUT2D eigenvalue weighted by molar-refractivity contribution is 0.0512. The molecule has 1 fully saturated rings. The lowest BCUT2D eigenvalue weighted by Gasteiger charge is -2.39. The number of hydrogen-bond acceptors (Lipinski definition) is 2. The van der Waals surface area contributed by atoms with Gasteiger partial charge in [-0.2, -0.15) is 0 Å². The standard InChI is InChI=1S/C11H24O2Si/c1-11(2,3)14(4,5)13-10-8-6-7-9(10)12/h9-10,12H,6-8H2,1-5H3/t9-,10-/m1/s1. The molecule has 3 heteroatoms. The van der Waals surface area contributed by atoms with Crippen molar-refractivity contribution in [3.05, 3.63) is 0 Å². The van der Waals surface area contributed by atoms with Crippen LogP contribution in [-0.2, 0) is 4.43 Å². The van der Waals surface area contributed by atoms with E-state index in [2.05, 4.69) is 33.9 Å². The number of rotatable bonds is 2. The summed E-state index contributed by atoms with van der Waals surface area (Å²) in [5.41, 5.74) is 0. The molecule has 14 heavy (non-hydrogen) atoms. The molecule has 0 aromatic heterocycles. The predicted octanol–water partition coefficient (Wildman–Crippen LogP) is 2.92. The van der Waals surface area contributed by atoms with Gasteiger partial charge >= 0.3 is 0 Å². The van der Waals surface area contributed by atoms with E-state index in [0.29, 0.717) is 0 Å². The van der Waals surface area contributed by atoms with Crippen molar-refractivity contribution in [3.8, 4) is 0 Å². The molecule has 1 aliphatic rings. The summed E-state index contributed by atoms with van der Waals surface area (Å²) in [4.78, 5) is 0. The highest BCUT2D eigenvalue weighted by Gasteiger charge is 2.41. The molecule has 0 aromatic carbocycles. The second-order valence-electron chi connectivity index (χ2n) is 5.91. The van der Waals surface area contributed by atoms with E-state index >= 15 is 0 Å². The quantitative estimate of drug-likeness (QED) is 0.719. The normalized spacial score (nSPS) is 29.6. The van der Waals surface area contributed by atoms with Crippen LogP contribution in [-0.4, -0.2) is 25.6 Å². The summed E-state index contributed by atoms with van der Waals surface area (Å²) in [6.45, 7) is 11.2. The van der Waals surface area contributed by atoms with Crippen molar-refractivity contribution in [2.24, 2.45) is 0 Å². The van der Waals surface area contributed by atoms with Crippen LogP contribution in [0.15, 0.2) is 0 Å². The highest BCUT2D eigenvalue weighted by atomic mass is 28.4. The average molecular weight is 216 g/mol. The van der Waals surface area contributed by atoms with Gasteiger partial charge in [0.25, 0.3) is 0 Å². The van der Waals surface area contributed by atoms with Crippen LogP contribution in [0.2, 0.25) is 18.1 Å². The van der Waals surface area contributed by atoms with Gasteiger partial charge in [0.2, 0.25) is 0 Å². The van der Waals surface area contributed by atoms with Crippen molar-refractivity contribution >= 4 is 8.32 Å². The Morgan fingerprint density at radius 2 is 1.79 bits per heavy atom. The van der Waals surface area contributed by atoms with E-state index in [4.69, 9.17) is 4.43 Å². The average Bonchev–Trinajstić information content (AvgIpc) is 2.33. The predicted molar refractivity (Wildman–Crippen MR) is 61.9 cm³/mol. The molecule has 2 atom stereocenters. The van der Waals surface area contributed by atoms with Gasteiger partial charge in [-0.15, -0.1) is 0 Å². The minimum absolute atomic E-state index is 0.107. The zero-order valence-electron chi connectivity index (χ0n) is 10.1. The molecule has 1 saturated carbocycles. The summed E-state index contributed by atoms with van der Waals surface area (Å²) < 4.78 is 6.16. The Bertz CT molecular complexity index is 196. The summed E-state index contributed by atoms with van der Waals surface area (Å²) in [5.74, 6) is 0. The summed E-state index contributed by atoms with van der Waals surface area (Å²) in [6, 6.07) is 0. The van der Waals surface area contributed by atoms with Crippen LogP contribution < -0.4 is 0 Å². The van der Waals surface area contributed by atoms with Crippen LogP contribution in [0.1, 0.15) is 40.0 Å². The van der Waals surface area contributed by atoms with Crippen molar-refractivity contribution in [2.45, 2.75) is 70.4 Å². The van der Waals surface area contributed by atoms with E-state index in [1.54, 1.807) is 0 Å². The highest BCUT2D eigenvalue weighted by molar-refractivity contribution is 6.74. The molecule has 0 spiro atoms. The van der Waals surface area contributed by atoms with Crippen molar-refractivity contribution in [1.29, 1.82) is 0 Å². The van der Waals surface area contributed by atoms with Gasteiger partial charge in [0.15, 0.2) is 8.32 Å². The Hall–Kier alpha value is 0.137. The zero-order valence-corrected chi connectivity index (χ0v) is 11.1. The second kappa shape index (κ2) is 3.95. The van der Waals surface area contributed by atoms with Crippen LogP contribution in [0.5, 0.6) is 0 Å². The zero-order chi connectivity index (χ0) is 11.0. The summed E-state index contributed by atoms with van der Waals surface area (Å²) >= 11 is 0. The number of aliphatic hydroxyl groups is 1. The minimum Gasteiger partial charge on any atom is -0.411 e. The minimum atomic E-state index is -1.67. The van der Waals surface area contributed by atoms with E-state index in [1.807, 2.05) is 0 Å². The highest BCUT2D eigenvalue weighted by Crippen LogP contribution is 2.39. The smallest absolute Gasteiger partial charge is 0.192 e. The van der Waals surface area contributed by atoms with Crippen molar-refractivity contribution in [3.63, 3.8) is 0 Å². The topological polar surface area (TPSA) is 29.5 Å². The third-order valence-corrected chi connectivity index (χ3v) is 8.17. The van der Waals surface area contributed by atoms with Crippen LogP contribution in [0.4, 0.5) is 0 Å². The van der Waals surface area contributed by atoms with Crippen LogP contribution in [0.3, 0.4) is 0 Å². The van der Waals surface area contributed by atoms with Gasteiger partial charge in [-0.3, -0.25) is 0 Å². The van der Waals surface area contributed by atoms with Crippen molar-refractivity contribution in [2.75, 3.05) is 0 Å². The maximum absolute atomic E-state index is 9.72. The van der Waals surface area contributed by atoms with E-state index in [1.165, 1.54) is 0 Å². The number of hydrogen-bond donors (Lipinski definition) is 1. The fourth-order valence-corrected chi connectivity index (χ4v) is 2.98. The lowest BCUT2D eigenvalue weighted by Crippen LogP contribution is -2.45. The Morgan fingerprint density at radius 1 is 1.21 bits per heavy atom. The molecule has 84 valence electrons. The van der Waals surface area contributed by atoms with E-state index in [9.17, 15) is 5.11 Å². The van der Waals surface area contributed by atoms with Gasteiger partial charge in [-0.25, -0.2) is 0 Å². The summed E-state index contributed by atoms with van der Waals surface area (Å²) in [5, 5.41) is 9.96. The van der Waals surface area contributed by atoms with E-state index in [-0.39, 0.29) is 17.2 Å². The molecule has 0 unspecified atom stereocenters. The fourth-order valence-electron chi connectivity index (χ4n) is 1.60. The van der Waals surface area contributed by atoms with Crippen LogP contribution in [0, 0.1) is 0 Å². The van der Waals surface area contributed by atoms with E-state index in [0.717, 1.165) is 19.3 Å². The maximum Gasteiger partial charge on any atom is 0.192 e. The largest absolute Gasteiger partial charge is 0.411 e. The first-order chi connectivity index (χ1) is 6.24. The van der Waals surface area contributed by atoms with Crippen LogP contribution in [0.25, 0.3) is 0 Å². The van der Waals surface area contributed by atoms with Gasteiger partial charge in [-0.1, -0.05) is 20.8 Å². The molecule has 1 N–H and O–H groups in total. The number of aliphatic hydroxyl groups excluding tert-OH is 1. The first kappa shape index (κ1) is 12.2. The third-order valence-electron chi connectivity index (χ3n) is 3.67. The van der Waals surface area contributed by atoms with Gasteiger partial charge in [0.1, 0.15) is 0 Å². The first-order valence-corrected chi connectivity index (χ1v) is 8.51. The Morgan fingerprint density at radius 3 is 2.14 bits per heavy atom. The Labute approximate surface area is 88.8 Å². The molecule has 0 amide bonds. The lowest BCUT2D eigenvalue weighted by atomic mass is 10.2. The molecular weight excluding hydrogens is 192 g/mol. The summed E-state index contributed by atoms with van der Waals surface area (Å²) in [7, 11) is -1.67. The van der Waals surface area contributed by atoms with Crippen LogP contribution >= 0.6 is 0 Å². The molecule has 0 radical (unpaired) electrons. The molecule has 0 heterocycles. The molecule has 0 bridgehead atoms. The maximum atomic E-state index is 9.72. The van der Waals surface area contributed by atoms with Gasteiger partial charge in [0.05, 0.1) is 12.2 Å². The van der Waals surface area contributed by atoms with E-state index < -0.39 is 8.32 Å². The third kappa shape index (κ3) is 2.58. The van der Waals surface area contributed by atoms with Gasteiger partial charge in [0, 0.05) is 0 Å². The van der Waals surface area contributed by atoms with Crippen molar-refractivity contribution < 1.29 is 9.53 Å². The summed E-state index contributed by atoms with van der Waals surface area (Å²) in [6.07, 6.45) is 2.95. The molecule has 1 aliphatic carbocycles. The molecule has 0 aliphatic heterocycles. The molecule has 0 aromatic rings. The monoisotopic (exact) mass is 216 g/mol. The van der Waals surface area contributed by atoms with Gasteiger partial charge in [-0.05, 0) is 37.4 Å². The Balaban J connectivity index is 2.58. The SMILES string of the molecule is CC(C)(C)[Si](C)(C)O[C@@H]1CCC[C@H]1O. The van der Waals surface area contributed by atoms with Gasteiger partial charge < -0.3 is 9.53 Å². The molecule has 2 nitrogen and oxygen atoms in total. The fraction of sp³-hybridized carbons (Fsp3) is 1.00. The van der Waals surface area contributed by atoms with Crippen molar-refractivity contribution in [1.82, 2.24) is 0 Å². The molecule has 1 rings (SSSR count).